The van der Waals surface area contributed by atoms with Crippen molar-refractivity contribution in [3.8, 4) is 0 Å². The molecule has 0 aromatic heterocycles. The lowest BCUT2D eigenvalue weighted by Crippen LogP contribution is -1.94. The third kappa shape index (κ3) is 5.83. The van der Waals surface area contributed by atoms with Crippen LogP contribution in [0.4, 0.5) is 0 Å². The van der Waals surface area contributed by atoms with Gasteiger partial charge in [-0.3, -0.25) is 0 Å². The zero-order valence-corrected chi connectivity index (χ0v) is 7.69. The van der Waals surface area contributed by atoms with Gasteiger partial charge in [-0.05, 0) is 12.8 Å². The van der Waals surface area contributed by atoms with Crippen molar-refractivity contribution in [1.82, 2.24) is 0 Å². The predicted molar refractivity (Wildman–Crippen MR) is 48.8 cm³/mol. The van der Waals surface area contributed by atoms with Crippen LogP contribution in [0, 0.1) is 11.8 Å². The summed E-state index contributed by atoms with van der Waals surface area (Å²) in [4.78, 5) is 20.4. The first kappa shape index (κ1) is 11.1. The van der Waals surface area contributed by atoms with E-state index < -0.39 is 0 Å². The molecule has 0 aliphatic carbocycles. The van der Waals surface area contributed by atoms with Crippen LogP contribution in [0.2, 0.25) is 0 Å². The standard InChI is InChI=1S/C10H16O2/c1-9(7-11)5-3-4-6-10(2)8-12/h3-4,7-10H,5-6H2,1-2H3/b4-3+. The molecule has 0 heterocycles. The highest BCUT2D eigenvalue weighted by atomic mass is 16.1. The molecule has 2 unspecified atom stereocenters. The first-order chi connectivity index (χ1) is 5.70. The molecular formula is C10H16O2. The van der Waals surface area contributed by atoms with E-state index in [0.29, 0.717) is 0 Å². The van der Waals surface area contributed by atoms with E-state index in [2.05, 4.69) is 0 Å². The van der Waals surface area contributed by atoms with Crippen LogP contribution in [-0.2, 0) is 9.59 Å². The molecule has 0 spiro atoms. The lowest BCUT2D eigenvalue weighted by molar-refractivity contribution is -0.111. The van der Waals surface area contributed by atoms with Crippen molar-refractivity contribution in [2.75, 3.05) is 0 Å². The van der Waals surface area contributed by atoms with Gasteiger partial charge in [-0.15, -0.1) is 0 Å². The van der Waals surface area contributed by atoms with E-state index in [1.165, 1.54) is 0 Å². The maximum atomic E-state index is 10.2. The van der Waals surface area contributed by atoms with Crippen LogP contribution in [-0.4, -0.2) is 12.6 Å². The number of allylic oxidation sites excluding steroid dienone is 2. The maximum Gasteiger partial charge on any atom is 0.123 e. The maximum absolute atomic E-state index is 10.2. The molecule has 0 N–H and O–H groups in total. The Labute approximate surface area is 73.7 Å². The van der Waals surface area contributed by atoms with Gasteiger partial charge in [-0.25, -0.2) is 0 Å². The smallest absolute Gasteiger partial charge is 0.123 e. The van der Waals surface area contributed by atoms with Gasteiger partial charge >= 0.3 is 0 Å². The molecule has 2 heteroatoms. The first-order valence-electron chi connectivity index (χ1n) is 4.26. The number of aldehydes is 2. The predicted octanol–water partition coefficient (Wildman–Crippen LogP) is 1.99. The van der Waals surface area contributed by atoms with Gasteiger partial charge in [0.2, 0.25) is 0 Å². The van der Waals surface area contributed by atoms with Gasteiger partial charge in [0.05, 0.1) is 0 Å². The van der Waals surface area contributed by atoms with Crippen LogP contribution >= 0.6 is 0 Å². The fourth-order valence-corrected chi connectivity index (χ4v) is 0.733. The highest BCUT2D eigenvalue weighted by Gasteiger charge is 1.96. The summed E-state index contributed by atoms with van der Waals surface area (Å²) in [7, 11) is 0. The molecule has 0 aromatic carbocycles. The highest BCUT2D eigenvalue weighted by Crippen LogP contribution is 2.02. The van der Waals surface area contributed by atoms with Gasteiger partial charge < -0.3 is 9.59 Å². The number of hydrogen-bond acceptors (Lipinski definition) is 2. The van der Waals surface area contributed by atoms with E-state index in [0.717, 1.165) is 25.4 Å². The Morgan fingerprint density at radius 2 is 1.25 bits per heavy atom. The molecule has 0 aliphatic heterocycles. The van der Waals surface area contributed by atoms with Crippen LogP contribution in [0.1, 0.15) is 26.7 Å². The minimum absolute atomic E-state index is 0.0905. The molecule has 0 saturated carbocycles. The Hall–Kier alpha value is -0.920. The van der Waals surface area contributed by atoms with Crippen molar-refractivity contribution in [3.63, 3.8) is 0 Å². The quantitative estimate of drug-likeness (QED) is 0.449. The summed E-state index contributed by atoms with van der Waals surface area (Å²) in [6, 6.07) is 0. The SMILES string of the molecule is CC(C=O)C/C=C/CC(C)C=O. The van der Waals surface area contributed by atoms with Gasteiger partial charge in [0.25, 0.3) is 0 Å². The molecule has 0 rings (SSSR count). The number of rotatable bonds is 6. The summed E-state index contributed by atoms with van der Waals surface area (Å²) in [6.07, 6.45) is 7.34. The lowest BCUT2D eigenvalue weighted by atomic mass is 10.1. The molecule has 2 atom stereocenters. The summed E-state index contributed by atoms with van der Waals surface area (Å²) < 4.78 is 0. The minimum atomic E-state index is 0.0905. The fourth-order valence-electron chi connectivity index (χ4n) is 0.733. The largest absolute Gasteiger partial charge is 0.303 e. The lowest BCUT2D eigenvalue weighted by Gasteiger charge is -1.97. The highest BCUT2D eigenvalue weighted by molar-refractivity contribution is 5.53. The van der Waals surface area contributed by atoms with Gasteiger partial charge in [0.15, 0.2) is 0 Å². The summed E-state index contributed by atoms with van der Waals surface area (Å²) in [5, 5.41) is 0. The molecule has 12 heavy (non-hydrogen) atoms. The van der Waals surface area contributed by atoms with E-state index in [1.807, 2.05) is 26.0 Å². The Morgan fingerprint density at radius 3 is 1.50 bits per heavy atom. The fraction of sp³-hybridized carbons (Fsp3) is 0.600. The third-order valence-corrected chi connectivity index (χ3v) is 1.65. The van der Waals surface area contributed by atoms with Gasteiger partial charge in [0.1, 0.15) is 12.6 Å². The van der Waals surface area contributed by atoms with Crippen molar-refractivity contribution in [2.24, 2.45) is 11.8 Å². The molecule has 0 saturated heterocycles. The van der Waals surface area contributed by atoms with Crippen LogP contribution < -0.4 is 0 Å². The summed E-state index contributed by atoms with van der Waals surface area (Å²) in [5.41, 5.74) is 0. The molecule has 0 fully saturated rings. The molecule has 0 aliphatic rings. The van der Waals surface area contributed by atoms with E-state index in [4.69, 9.17) is 0 Å². The topological polar surface area (TPSA) is 34.1 Å². The third-order valence-electron chi connectivity index (χ3n) is 1.65. The second kappa shape index (κ2) is 6.77. The average Bonchev–Trinajstić information content (AvgIpc) is 2.11. The second-order valence-electron chi connectivity index (χ2n) is 3.17. The Morgan fingerprint density at radius 1 is 0.917 bits per heavy atom. The molecule has 0 radical (unpaired) electrons. The monoisotopic (exact) mass is 168 g/mol. The van der Waals surface area contributed by atoms with E-state index in [-0.39, 0.29) is 11.8 Å². The van der Waals surface area contributed by atoms with Crippen LogP contribution in [0.3, 0.4) is 0 Å². The van der Waals surface area contributed by atoms with Crippen molar-refractivity contribution in [1.29, 1.82) is 0 Å². The molecule has 0 amide bonds. The zero-order chi connectivity index (χ0) is 9.40. The molecule has 2 nitrogen and oxygen atoms in total. The average molecular weight is 168 g/mol. The Balaban J connectivity index is 3.49. The summed E-state index contributed by atoms with van der Waals surface area (Å²) in [5.74, 6) is 0.181. The van der Waals surface area contributed by atoms with Crippen molar-refractivity contribution in [3.05, 3.63) is 12.2 Å². The number of hydrogen-bond donors (Lipinski definition) is 0. The Bertz CT molecular complexity index is 143. The van der Waals surface area contributed by atoms with E-state index >= 15 is 0 Å². The normalized spacial score (nSPS) is 15.8. The number of carbonyl (C=O) groups is 2. The van der Waals surface area contributed by atoms with E-state index in [9.17, 15) is 9.59 Å². The van der Waals surface area contributed by atoms with Crippen LogP contribution in [0.25, 0.3) is 0 Å². The van der Waals surface area contributed by atoms with Crippen molar-refractivity contribution in [2.45, 2.75) is 26.7 Å². The Kier molecular flexibility index (Phi) is 6.25. The van der Waals surface area contributed by atoms with Crippen molar-refractivity contribution < 1.29 is 9.59 Å². The summed E-state index contributed by atoms with van der Waals surface area (Å²) >= 11 is 0. The molecule has 0 bridgehead atoms. The number of carbonyl (C=O) groups excluding carboxylic acids is 2. The second-order valence-corrected chi connectivity index (χ2v) is 3.17. The first-order valence-corrected chi connectivity index (χ1v) is 4.26. The summed E-state index contributed by atoms with van der Waals surface area (Å²) in [6.45, 7) is 3.75. The minimum Gasteiger partial charge on any atom is -0.303 e. The van der Waals surface area contributed by atoms with Crippen molar-refractivity contribution >= 4 is 12.6 Å². The molecular weight excluding hydrogens is 152 g/mol. The van der Waals surface area contributed by atoms with E-state index in [1.54, 1.807) is 0 Å². The van der Waals surface area contributed by atoms with Crippen LogP contribution in [0.15, 0.2) is 12.2 Å². The van der Waals surface area contributed by atoms with Crippen LogP contribution in [0.5, 0.6) is 0 Å². The van der Waals surface area contributed by atoms with Gasteiger partial charge in [-0.2, -0.15) is 0 Å². The molecule has 0 aromatic rings. The van der Waals surface area contributed by atoms with Gasteiger partial charge in [-0.1, -0.05) is 26.0 Å². The zero-order valence-electron chi connectivity index (χ0n) is 7.69. The van der Waals surface area contributed by atoms with Gasteiger partial charge in [0, 0.05) is 11.8 Å². The molecule has 68 valence electrons.